The van der Waals surface area contributed by atoms with Gasteiger partial charge in [-0.05, 0) is 44.5 Å². The smallest absolute Gasteiger partial charge is 0.123 e. The molecule has 0 spiro atoms. The Kier molecular flexibility index (Phi) is 5.27. The van der Waals surface area contributed by atoms with Crippen molar-refractivity contribution in [2.45, 2.75) is 0 Å². The van der Waals surface area contributed by atoms with E-state index >= 15 is 0 Å². The molecule has 0 bridgehead atoms. The Balaban J connectivity index is 3.24. The fourth-order valence-electron chi connectivity index (χ4n) is 2.71. The quantitative estimate of drug-likeness (QED) is 0.699. The normalized spacial score (nSPS) is 12.7. The molecule has 23 heavy (non-hydrogen) atoms. The minimum Gasteiger partial charge on any atom is -0.207 e. The van der Waals surface area contributed by atoms with E-state index < -0.39 is 0 Å². The fourth-order valence-corrected chi connectivity index (χ4v) is 2.71. The third-order valence-corrected chi connectivity index (χ3v) is 3.60. The molecule has 114 valence electrons. The van der Waals surface area contributed by atoms with Crippen LogP contribution in [0.3, 0.4) is 0 Å². The number of fused-ring (bicyclic) bond motifs is 1. The van der Waals surface area contributed by atoms with Crippen LogP contribution in [0.5, 0.6) is 0 Å². The number of halogens is 1. The third-order valence-electron chi connectivity index (χ3n) is 3.60. The molecule has 2 aromatic rings. The van der Waals surface area contributed by atoms with Crippen molar-refractivity contribution in [3.05, 3.63) is 96.2 Å². The summed E-state index contributed by atoms with van der Waals surface area (Å²) in [5.74, 6) is -0.274. The van der Waals surface area contributed by atoms with Crippen LogP contribution in [0.1, 0.15) is 11.1 Å². The van der Waals surface area contributed by atoms with Crippen LogP contribution in [-0.4, -0.2) is 0 Å². The van der Waals surface area contributed by atoms with Crippen LogP contribution in [0, 0.1) is 5.82 Å². The van der Waals surface area contributed by atoms with Crippen molar-refractivity contribution in [2.24, 2.45) is 0 Å². The van der Waals surface area contributed by atoms with E-state index in [9.17, 15) is 4.39 Å². The van der Waals surface area contributed by atoms with Crippen molar-refractivity contribution in [1.29, 1.82) is 0 Å². The zero-order valence-electron chi connectivity index (χ0n) is 13.1. The van der Waals surface area contributed by atoms with Gasteiger partial charge in [0, 0.05) is 0 Å². The third kappa shape index (κ3) is 3.14. The lowest BCUT2D eigenvalue weighted by molar-refractivity contribution is 0.629. The highest BCUT2D eigenvalue weighted by atomic mass is 19.1. The summed E-state index contributed by atoms with van der Waals surface area (Å²) in [4.78, 5) is 0. The van der Waals surface area contributed by atoms with Gasteiger partial charge in [0.2, 0.25) is 0 Å². The van der Waals surface area contributed by atoms with Crippen LogP contribution in [0.4, 0.5) is 4.39 Å². The maximum Gasteiger partial charge on any atom is 0.123 e. The maximum atomic E-state index is 13.8. The molecule has 0 unspecified atom stereocenters. The molecule has 0 N–H and O–H groups in total. The maximum absolute atomic E-state index is 13.8. The number of hydrogen-bond acceptors (Lipinski definition) is 0. The van der Waals surface area contributed by atoms with E-state index in [4.69, 9.17) is 0 Å². The number of rotatable bonds is 5. The highest BCUT2D eigenvalue weighted by Gasteiger charge is 2.09. The Bertz CT molecular complexity index is 940. The molecule has 0 heterocycles. The van der Waals surface area contributed by atoms with Gasteiger partial charge in [0.15, 0.2) is 0 Å². The minimum atomic E-state index is -0.274. The Labute approximate surface area is 136 Å². The average molecular weight is 302 g/mol. The van der Waals surface area contributed by atoms with E-state index in [1.54, 1.807) is 30.4 Å². The zero-order chi connectivity index (χ0) is 16.8. The van der Waals surface area contributed by atoms with Crippen molar-refractivity contribution < 1.29 is 4.39 Å². The molecule has 0 nitrogen and oxygen atoms in total. The van der Waals surface area contributed by atoms with Crippen molar-refractivity contribution in [2.75, 3.05) is 0 Å². The fraction of sp³-hybridized carbons (Fsp3) is 0. The van der Waals surface area contributed by atoms with Gasteiger partial charge in [-0.15, -0.1) is 0 Å². The predicted molar refractivity (Wildman–Crippen MR) is 102 cm³/mol. The highest BCUT2D eigenvalue weighted by Crippen LogP contribution is 2.21. The van der Waals surface area contributed by atoms with Gasteiger partial charge in [-0.2, -0.15) is 0 Å². The Morgan fingerprint density at radius 1 is 0.783 bits per heavy atom. The molecule has 0 saturated heterocycles. The molecule has 2 aromatic carbocycles. The van der Waals surface area contributed by atoms with Gasteiger partial charge in [-0.25, -0.2) is 4.39 Å². The van der Waals surface area contributed by atoms with Crippen LogP contribution in [0.15, 0.2) is 68.8 Å². The molecule has 0 amide bonds. The summed E-state index contributed by atoms with van der Waals surface area (Å²) in [6.45, 7) is 15.2. The second-order valence-corrected chi connectivity index (χ2v) is 4.95. The summed E-state index contributed by atoms with van der Waals surface area (Å²) in [5.41, 5.74) is 1.83. The van der Waals surface area contributed by atoms with Gasteiger partial charge in [-0.3, -0.25) is 0 Å². The molecule has 0 aliphatic rings. The molecule has 0 saturated carbocycles. The summed E-state index contributed by atoms with van der Waals surface area (Å²) in [5, 5.41) is 3.74. The summed E-state index contributed by atoms with van der Waals surface area (Å²) in [6.07, 6.45) is 14.6. The van der Waals surface area contributed by atoms with Crippen molar-refractivity contribution in [3.8, 4) is 0 Å². The SMILES string of the molecule is C=C/C=C\c1c(C=C)c2cc(F)ccc2c(=C/C=C)/c1=C\C=C. The van der Waals surface area contributed by atoms with Crippen LogP contribution >= 0.6 is 0 Å². The molecule has 0 aliphatic carbocycles. The van der Waals surface area contributed by atoms with E-state index in [-0.39, 0.29) is 5.82 Å². The van der Waals surface area contributed by atoms with Crippen LogP contribution in [-0.2, 0) is 0 Å². The van der Waals surface area contributed by atoms with Gasteiger partial charge >= 0.3 is 0 Å². The number of hydrogen-bond donors (Lipinski definition) is 0. The molecule has 0 aromatic heterocycles. The van der Waals surface area contributed by atoms with E-state index in [0.717, 1.165) is 32.3 Å². The second kappa shape index (κ2) is 7.37. The van der Waals surface area contributed by atoms with E-state index in [0.29, 0.717) is 0 Å². The Morgan fingerprint density at radius 2 is 1.48 bits per heavy atom. The molecule has 0 fully saturated rings. The van der Waals surface area contributed by atoms with Crippen molar-refractivity contribution in [3.63, 3.8) is 0 Å². The topological polar surface area (TPSA) is 0 Å². The lowest BCUT2D eigenvalue weighted by atomic mass is 9.93. The minimum absolute atomic E-state index is 0.274. The van der Waals surface area contributed by atoms with Crippen LogP contribution in [0.2, 0.25) is 0 Å². The molecule has 2 rings (SSSR count). The van der Waals surface area contributed by atoms with Gasteiger partial charge in [-0.1, -0.05) is 81.0 Å². The summed E-state index contributed by atoms with van der Waals surface area (Å²) < 4.78 is 13.8. The lowest BCUT2D eigenvalue weighted by Gasteiger charge is -2.11. The lowest BCUT2D eigenvalue weighted by Crippen LogP contribution is -2.29. The number of allylic oxidation sites excluding steroid dienone is 4. The second-order valence-electron chi connectivity index (χ2n) is 4.95. The van der Waals surface area contributed by atoms with E-state index in [1.165, 1.54) is 12.1 Å². The first-order chi connectivity index (χ1) is 11.2. The van der Waals surface area contributed by atoms with Crippen LogP contribution < -0.4 is 10.4 Å². The van der Waals surface area contributed by atoms with Crippen LogP contribution in [0.25, 0.3) is 35.1 Å². The average Bonchev–Trinajstić information content (AvgIpc) is 2.55. The van der Waals surface area contributed by atoms with Crippen molar-refractivity contribution in [1.82, 2.24) is 0 Å². The van der Waals surface area contributed by atoms with Gasteiger partial charge in [0.1, 0.15) is 5.82 Å². The predicted octanol–water partition coefficient (Wildman–Crippen LogP) is 4.75. The summed E-state index contributed by atoms with van der Waals surface area (Å²) in [6, 6.07) is 4.79. The van der Waals surface area contributed by atoms with E-state index in [1.807, 2.05) is 24.3 Å². The molecule has 1 heteroatoms. The molecule has 0 radical (unpaired) electrons. The van der Waals surface area contributed by atoms with Gasteiger partial charge in [0.05, 0.1) is 0 Å². The van der Waals surface area contributed by atoms with Gasteiger partial charge in [0.25, 0.3) is 0 Å². The number of benzene rings is 2. The molecular weight excluding hydrogens is 283 g/mol. The Hall–Kier alpha value is -2.93. The monoisotopic (exact) mass is 302 g/mol. The summed E-state index contributed by atoms with van der Waals surface area (Å²) >= 11 is 0. The first-order valence-electron chi connectivity index (χ1n) is 7.30. The van der Waals surface area contributed by atoms with Gasteiger partial charge < -0.3 is 0 Å². The first kappa shape index (κ1) is 16.4. The van der Waals surface area contributed by atoms with Crippen molar-refractivity contribution >= 4 is 35.1 Å². The molecular formula is C22H19F. The largest absolute Gasteiger partial charge is 0.207 e. The first-order valence-corrected chi connectivity index (χ1v) is 7.30. The Morgan fingerprint density at radius 3 is 2.09 bits per heavy atom. The van der Waals surface area contributed by atoms with E-state index in [2.05, 4.69) is 26.3 Å². The summed E-state index contributed by atoms with van der Waals surface area (Å²) in [7, 11) is 0. The zero-order valence-corrected chi connectivity index (χ0v) is 13.1. The molecule has 0 atom stereocenters. The molecule has 0 aliphatic heterocycles. The standard InChI is InChI=1S/C22H19F/c1-5-9-12-20-17(8-4)22-15-16(23)13-14-21(22)19(11-7-3)18(20)10-6-2/h5-15H,1-4H2/b12-9-,18-10+,19-11+. The highest BCUT2D eigenvalue weighted by molar-refractivity contribution is 5.95.